The highest BCUT2D eigenvalue weighted by Gasteiger charge is 2.29. The smallest absolute Gasteiger partial charge is 0.407 e. The van der Waals surface area contributed by atoms with E-state index in [9.17, 15) is 9.59 Å². The van der Waals surface area contributed by atoms with E-state index in [2.05, 4.69) is 29.6 Å². The second-order valence-corrected chi connectivity index (χ2v) is 6.98. The minimum absolute atomic E-state index is 0.0269. The number of hydrogen-bond donors (Lipinski definition) is 1. The van der Waals surface area contributed by atoms with E-state index in [1.807, 2.05) is 30.5 Å². The van der Waals surface area contributed by atoms with Crippen molar-refractivity contribution in [3.63, 3.8) is 0 Å². The van der Waals surface area contributed by atoms with Crippen LogP contribution in [0, 0.1) is 0 Å². The molecule has 5 heteroatoms. The number of ether oxygens (including phenoxy) is 1. The third-order valence-corrected chi connectivity index (χ3v) is 5.09. The average molecular weight is 355 g/mol. The minimum atomic E-state index is -0.542. The standard InChI is InChI=1S/C20H21NO3S/c1-25-11-10-14(12-22)21-20(23)24-13-19-17-8-4-2-6-15(17)16-7-3-5-9-18(16)19/h2-9,12,14,19H,10-11,13H2,1H3,(H,21,23)/t14-/m1/s1. The summed E-state index contributed by atoms with van der Waals surface area (Å²) in [5.41, 5.74) is 4.73. The molecule has 1 aliphatic carbocycles. The van der Waals surface area contributed by atoms with Gasteiger partial charge in [0, 0.05) is 5.92 Å². The summed E-state index contributed by atoms with van der Waals surface area (Å²) in [7, 11) is 0. The number of aldehydes is 1. The van der Waals surface area contributed by atoms with E-state index in [-0.39, 0.29) is 12.5 Å². The minimum Gasteiger partial charge on any atom is -0.449 e. The predicted molar refractivity (Wildman–Crippen MR) is 101 cm³/mol. The number of nitrogens with one attached hydrogen (secondary N) is 1. The highest BCUT2D eigenvalue weighted by atomic mass is 32.2. The van der Waals surface area contributed by atoms with Crippen molar-refractivity contribution in [3.8, 4) is 11.1 Å². The molecule has 1 amide bonds. The summed E-state index contributed by atoms with van der Waals surface area (Å²) < 4.78 is 5.44. The van der Waals surface area contributed by atoms with Gasteiger partial charge in [-0.15, -0.1) is 0 Å². The first kappa shape index (κ1) is 17.5. The fourth-order valence-electron chi connectivity index (χ4n) is 3.21. The molecule has 0 fully saturated rings. The number of benzene rings is 2. The molecule has 4 nitrogen and oxygen atoms in total. The summed E-state index contributed by atoms with van der Waals surface area (Å²) in [5.74, 6) is 0.839. The Kier molecular flexibility index (Phi) is 5.76. The molecule has 1 atom stereocenters. The maximum absolute atomic E-state index is 12.1. The van der Waals surface area contributed by atoms with Gasteiger partial charge in [-0.1, -0.05) is 48.5 Å². The number of carbonyl (C=O) groups is 2. The number of alkyl carbamates (subject to hydrolysis) is 1. The van der Waals surface area contributed by atoms with E-state index in [0.717, 1.165) is 12.0 Å². The van der Waals surface area contributed by atoms with Crippen LogP contribution in [0.4, 0.5) is 4.79 Å². The van der Waals surface area contributed by atoms with E-state index in [1.165, 1.54) is 22.3 Å². The molecule has 3 rings (SSSR count). The summed E-state index contributed by atoms with van der Waals surface area (Å²) in [6.45, 7) is 0.258. The highest BCUT2D eigenvalue weighted by Crippen LogP contribution is 2.44. The summed E-state index contributed by atoms with van der Waals surface area (Å²) in [6.07, 6.45) is 2.79. The molecule has 0 spiro atoms. The first-order chi connectivity index (χ1) is 12.2. The molecule has 130 valence electrons. The molecule has 0 saturated heterocycles. The van der Waals surface area contributed by atoms with Gasteiger partial charge in [0.05, 0.1) is 6.04 Å². The van der Waals surface area contributed by atoms with Crippen LogP contribution in [0.3, 0.4) is 0 Å². The lowest BCUT2D eigenvalue weighted by Crippen LogP contribution is -2.37. The summed E-state index contributed by atoms with van der Waals surface area (Å²) in [5, 5.41) is 2.63. The lowest BCUT2D eigenvalue weighted by atomic mass is 9.98. The Morgan fingerprint density at radius 3 is 2.32 bits per heavy atom. The molecule has 25 heavy (non-hydrogen) atoms. The summed E-state index contributed by atoms with van der Waals surface area (Å²) in [6, 6.07) is 15.9. The van der Waals surface area contributed by atoms with Crippen LogP contribution < -0.4 is 5.32 Å². The van der Waals surface area contributed by atoms with Gasteiger partial charge < -0.3 is 14.8 Å². The van der Waals surface area contributed by atoms with Crippen molar-refractivity contribution < 1.29 is 14.3 Å². The van der Waals surface area contributed by atoms with Crippen LogP contribution in [0.5, 0.6) is 0 Å². The zero-order chi connectivity index (χ0) is 17.6. The van der Waals surface area contributed by atoms with Gasteiger partial charge in [0.2, 0.25) is 0 Å². The molecule has 0 saturated carbocycles. The quantitative estimate of drug-likeness (QED) is 0.767. The maximum Gasteiger partial charge on any atom is 0.407 e. The SMILES string of the molecule is CSCC[C@H](C=O)NC(=O)OCC1c2ccccc2-c2ccccc21. The Bertz CT molecular complexity index is 717. The predicted octanol–water partition coefficient (Wildman–Crippen LogP) is 3.85. The molecule has 2 aromatic rings. The molecule has 0 aliphatic heterocycles. The number of thioether (sulfide) groups is 1. The van der Waals surface area contributed by atoms with Crippen molar-refractivity contribution in [3.05, 3.63) is 59.7 Å². The van der Waals surface area contributed by atoms with Crippen molar-refractivity contribution in [1.29, 1.82) is 0 Å². The van der Waals surface area contributed by atoms with Crippen LogP contribution in [0.2, 0.25) is 0 Å². The Hall–Kier alpha value is -2.27. The van der Waals surface area contributed by atoms with Crippen LogP contribution in [0.25, 0.3) is 11.1 Å². The van der Waals surface area contributed by atoms with Crippen molar-refractivity contribution in [1.82, 2.24) is 5.32 Å². The number of fused-ring (bicyclic) bond motifs is 3. The number of carbonyl (C=O) groups excluding carboxylic acids is 2. The van der Waals surface area contributed by atoms with Crippen molar-refractivity contribution >= 4 is 24.1 Å². The summed E-state index contributed by atoms with van der Waals surface area (Å²) in [4.78, 5) is 23.1. The van der Waals surface area contributed by atoms with Gasteiger partial charge in [0.15, 0.2) is 0 Å². The van der Waals surface area contributed by atoms with Crippen LogP contribution in [0.1, 0.15) is 23.5 Å². The van der Waals surface area contributed by atoms with Gasteiger partial charge >= 0.3 is 6.09 Å². The fourth-order valence-corrected chi connectivity index (χ4v) is 3.70. The molecule has 0 heterocycles. The van der Waals surface area contributed by atoms with Crippen LogP contribution in [-0.4, -0.2) is 37.0 Å². The fraction of sp³-hybridized carbons (Fsp3) is 0.300. The Labute approximate surface area is 152 Å². The largest absolute Gasteiger partial charge is 0.449 e. The van der Waals surface area contributed by atoms with Crippen molar-refractivity contribution in [2.75, 3.05) is 18.6 Å². The second kappa shape index (κ2) is 8.21. The average Bonchev–Trinajstić information content (AvgIpc) is 2.97. The van der Waals surface area contributed by atoms with Gasteiger partial charge in [-0.05, 0) is 40.7 Å². The molecule has 2 aromatic carbocycles. The molecule has 1 aliphatic rings. The zero-order valence-corrected chi connectivity index (χ0v) is 14.9. The van der Waals surface area contributed by atoms with Gasteiger partial charge in [-0.25, -0.2) is 4.79 Å². The monoisotopic (exact) mass is 355 g/mol. The van der Waals surface area contributed by atoms with E-state index >= 15 is 0 Å². The normalized spacial score (nSPS) is 13.6. The van der Waals surface area contributed by atoms with Crippen LogP contribution >= 0.6 is 11.8 Å². The Balaban J connectivity index is 1.67. The first-order valence-electron chi connectivity index (χ1n) is 8.30. The molecule has 0 aromatic heterocycles. The number of rotatable bonds is 7. The van der Waals surface area contributed by atoms with E-state index in [4.69, 9.17) is 4.74 Å². The van der Waals surface area contributed by atoms with Crippen molar-refractivity contribution in [2.24, 2.45) is 0 Å². The van der Waals surface area contributed by atoms with E-state index in [0.29, 0.717) is 6.42 Å². The maximum atomic E-state index is 12.1. The van der Waals surface area contributed by atoms with E-state index in [1.54, 1.807) is 11.8 Å². The first-order valence-corrected chi connectivity index (χ1v) is 9.69. The molecular formula is C20H21NO3S. The Morgan fingerprint density at radius 2 is 1.76 bits per heavy atom. The van der Waals surface area contributed by atoms with Crippen LogP contribution in [0.15, 0.2) is 48.5 Å². The summed E-state index contributed by atoms with van der Waals surface area (Å²) >= 11 is 1.64. The lowest BCUT2D eigenvalue weighted by Gasteiger charge is -2.16. The third kappa shape index (κ3) is 3.87. The Morgan fingerprint density at radius 1 is 1.16 bits per heavy atom. The number of hydrogen-bond acceptors (Lipinski definition) is 4. The van der Waals surface area contributed by atoms with Gasteiger partial charge in [-0.3, -0.25) is 0 Å². The van der Waals surface area contributed by atoms with E-state index < -0.39 is 12.1 Å². The zero-order valence-electron chi connectivity index (χ0n) is 14.1. The third-order valence-electron chi connectivity index (χ3n) is 4.44. The molecular weight excluding hydrogens is 334 g/mol. The molecule has 0 bridgehead atoms. The topological polar surface area (TPSA) is 55.4 Å². The molecule has 0 radical (unpaired) electrons. The van der Waals surface area contributed by atoms with Crippen LogP contribution in [-0.2, 0) is 9.53 Å². The van der Waals surface area contributed by atoms with Gasteiger partial charge in [0.25, 0.3) is 0 Å². The number of amides is 1. The molecule has 1 N–H and O–H groups in total. The van der Waals surface area contributed by atoms with Gasteiger partial charge in [-0.2, -0.15) is 11.8 Å². The second-order valence-electron chi connectivity index (χ2n) is 5.99. The highest BCUT2D eigenvalue weighted by molar-refractivity contribution is 7.98. The molecule has 0 unspecified atom stereocenters. The lowest BCUT2D eigenvalue weighted by molar-refractivity contribution is -0.109. The van der Waals surface area contributed by atoms with Crippen molar-refractivity contribution in [2.45, 2.75) is 18.4 Å². The van der Waals surface area contributed by atoms with Gasteiger partial charge in [0.1, 0.15) is 12.9 Å².